The molecule has 114 valence electrons. The zero-order valence-electron chi connectivity index (χ0n) is 12.6. The van der Waals surface area contributed by atoms with Crippen molar-refractivity contribution >= 4 is 17.3 Å². The van der Waals surface area contributed by atoms with Gasteiger partial charge < -0.3 is 16.0 Å². The molecule has 1 aromatic carbocycles. The third kappa shape index (κ3) is 3.56. The lowest BCUT2D eigenvalue weighted by atomic mass is 10.00. The van der Waals surface area contributed by atoms with Crippen LogP contribution in [-0.4, -0.2) is 25.0 Å². The Labute approximate surface area is 126 Å². The number of nitrogens with zero attached hydrogens (tertiary/aromatic N) is 1. The van der Waals surface area contributed by atoms with Crippen molar-refractivity contribution in [3.63, 3.8) is 0 Å². The largest absolute Gasteiger partial charge is 0.371 e. The molecule has 1 aliphatic heterocycles. The van der Waals surface area contributed by atoms with Gasteiger partial charge in [0.1, 0.15) is 0 Å². The van der Waals surface area contributed by atoms with Gasteiger partial charge in [0.15, 0.2) is 0 Å². The maximum absolute atomic E-state index is 12.2. The van der Waals surface area contributed by atoms with Crippen LogP contribution in [-0.2, 0) is 4.79 Å². The normalized spacial score (nSPS) is 25.3. The number of nitrogens with one attached hydrogen (secondary N) is 1. The molecule has 0 unspecified atom stereocenters. The predicted octanol–water partition coefficient (Wildman–Crippen LogP) is 2.74. The van der Waals surface area contributed by atoms with E-state index in [2.05, 4.69) is 22.3 Å². The number of benzene rings is 1. The molecule has 2 fully saturated rings. The molecule has 4 nitrogen and oxygen atoms in total. The van der Waals surface area contributed by atoms with Crippen LogP contribution in [0.2, 0.25) is 0 Å². The van der Waals surface area contributed by atoms with Crippen LogP contribution >= 0.6 is 0 Å². The molecule has 2 atom stereocenters. The van der Waals surface area contributed by atoms with Crippen molar-refractivity contribution in [2.24, 2.45) is 11.7 Å². The first kappa shape index (κ1) is 14.4. The second kappa shape index (κ2) is 6.48. The first-order valence-corrected chi connectivity index (χ1v) is 8.13. The van der Waals surface area contributed by atoms with Crippen molar-refractivity contribution in [3.8, 4) is 0 Å². The average Bonchev–Trinajstić information content (AvgIpc) is 3.12. The van der Waals surface area contributed by atoms with Gasteiger partial charge in [0.2, 0.25) is 5.91 Å². The summed E-state index contributed by atoms with van der Waals surface area (Å²) >= 11 is 0. The fourth-order valence-corrected chi connectivity index (χ4v) is 3.52. The molecule has 3 N–H and O–H groups in total. The first-order valence-electron chi connectivity index (χ1n) is 8.13. The van der Waals surface area contributed by atoms with Crippen LogP contribution in [0.5, 0.6) is 0 Å². The minimum absolute atomic E-state index is 0.0934. The second-order valence-electron chi connectivity index (χ2n) is 6.35. The van der Waals surface area contributed by atoms with E-state index in [9.17, 15) is 4.79 Å². The summed E-state index contributed by atoms with van der Waals surface area (Å²) in [5, 5.41) is 3.03. The van der Waals surface area contributed by atoms with Gasteiger partial charge in [0.25, 0.3) is 0 Å². The number of rotatable bonds is 4. The smallest absolute Gasteiger partial charge is 0.224 e. The highest BCUT2D eigenvalue weighted by Gasteiger charge is 2.26. The van der Waals surface area contributed by atoms with Crippen LogP contribution in [0, 0.1) is 5.92 Å². The first-order chi connectivity index (χ1) is 10.2. The van der Waals surface area contributed by atoms with Gasteiger partial charge in [-0.25, -0.2) is 0 Å². The van der Waals surface area contributed by atoms with Crippen molar-refractivity contribution in [2.75, 3.05) is 23.3 Å². The Morgan fingerprint density at radius 3 is 2.76 bits per heavy atom. The van der Waals surface area contributed by atoms with E-state index in [0.29, 0.717) is 12.3 Å². The Balaban J connectivity index is 1.59. The van der Waals surface area contributed by atoms with Gasteiger partial charge in [-0.3, -0.25) is 4.79 Å². The van der Waals surface area contributed by atoms with Crippen LogP contribution < -0.4 is 16.0 Å². The van der Waals surface area contributed by atoms with Gasteiger partial charge >= 0.3 is 0 Å². The van der Waals surface area contributed by atoms with Crippen LogP contribution in [0.1, 0.15) is 38.5 Å². The maximum atomic E-state index is 12.2. The SMILES string of the molecule is N[C@@H]1CCC[C@H]1CC(=O)Nc1cccc(N2CCCC2)c1. The van der Waals surface area contributed by atoms with Crippen LogP contribution in [0.15, 0.2) is 24.3 Å². The minimum Gasteiger partial charge on any atom is -0.371 e. The molecule has 2 aliphatic rings. The molecule has 1 amide bonds. The van der Waals surface area contributed by atoms with E-state index in [1.54, 1.807) is 0 Å². The summed E-state index contributed by atoms with van der Waals surface area (Å²) in [5.74, 6) is 0.447. The van der Waals surface area contributed by atoms with Gasteiger partial charge in [0.05, 0.1) is 0 Å². The summed E-state index contributed by atoms with van der Waals surface area (Å²) in [4.78, 5) is 14.5. The van der Waals surface area contributed by atoms with Gasteiger partial charge in [0, 0.05) is 36.9 Å². The molecular formula is C17H25N3O. The lowest BCUT2D eigenvalue weighted by molar-refractivity contribution is -0.117. The van der Waals surface area contributed by atoms with E-state index in [4.69, 9.17) is 5.73 Å². The third-order valence-electron chi connectivity index (χ3n) is 4.77. The molecule has 21 heavy (non-hydrogen) atoms. The van der Waals surface area contributed by atoms with Crippen molar-refractivity contribution in [1.82, 2.24) is 0 Å². The summed E-state index contributed by atoms with van der Waals surface area (Å²) in [6.07, 6.45) is 6.37. The van der Waals surface area contributed by atoms with Crippen LogP contribution in [0.25, 0.3) is 0 Å². The van der Waals surface area contributed by atoms with Crippen LogP contribution in [0.3, 0.4) is 0 Å². The van der Waals surface area contributed by atoms with E-state index in [-0.39, 0.29) is 11.9 Å². The number of nitrogens with two attached hydrogens (primary N) is 1. The van der Waals surface area contributed by atoms with E-state index in [0.717, 1.165) is 38.0 Å². The van der Waals surface area contributed by atoms with Gasteiger partial charge in [-0.05, 0) is 49.8 Å². The summed E-state index contributed by atoms with van der Waals surface area (Å²) in [6.45, 7) is 2.24. The molecule has 0 radical (unpaired) electrons. The number of hydrogen-bond donors (Lipinski definition) is 2. The molecular weight excluding hydrogens is 262 g/mol. The maximum Gasteiger partial charge on any atom is 0.224 e. The summed E-state index contributed by atoms with van der Waals surface area (Å²) in [7, 11) is 0. The molecule has 1 heterocycles. The Morgan fingerprint density at radius 2 is 2.05 bits per heavy atom. The standard InChI is InChI=1S/C17H25N3O/c18-16-8-3-5-13(16)11-17(21)19-14-6-4-7-15(12-14)20-9-1-2-10-20/h4,6-7,12-13,16H,1-3,5,8-11,18H2,(H,19,21)/t13-,16+/m0/s1. The van der Waals surface area contributed by atoms with Crippen LogP contribution in [0.4, 0.5) is 11.4 Å². The van der Waals surface area contributed by atoms with E-state index in [1.165, 1.54) is 18.5 Å². The fraction of sp³-hybridized carbons (Fsp3) is 0.588. The van der Waals surface area contributed by atoms with E-state index in [1.807, 2.05) is 12.1 Å². The summed E-state index contributed by atoms with van der Waals surface area (Å²) < 4.78 is 0. The third-order valence-corrected chi connectivity index (χ3v) is 4.77. The van der Waals surface area contributed by atoms with Gasteiger partial charge in [-0.15, -0.1) is 0 Å². The van der Waals surface area contributed by atoms with Crippen molar-refractivity contribution < 1.29 is 4.79 Å². The molecule has 0 aromatic heterocycles. The summed E-state index contributed by atoms with van der Waals surface area (Å²) in [5.41, 5.74) is 8.15. The lowest BCUT2D eigenvalue weighted by Gasteiger charge is -2.19. The molecule has 1 saturated heterocycles. The number of hydrogen-bond acceptors (Lipinski definition) is 3. The number of anilines is 2. The molecule has 0 bridgehead atoms. The van der Waals surface area contributed by atoms with Crippen molar-refractivity contribution in [3.05, 3.63) is 24.3 Å². The molecule has 1 saturated carbocycles. The van der Waals surface area contributed by atoms with Crippen molar-refractivity contribution in [1.29, 1.82) is 0 Å². The van der Waals surface area contributed by atoms with Gasteiger partial charge in [-0.2, -0.15) is 0 Å². The number of amides is 1. The highest BCUT2D eigenvalue weighted by atomic mass is 16.1. The average molecular weight is 287 g/mol. The molecule has 3 rings (SSSR count). The minimum atomic E-state index is 0.0934. The highest BCUT2D eigenvalue weighted by Crippen LogP contribution is 2.28. The number of carbonyl (C=O) groups is 1. The molecule has 1 aliphatic carbocycles. The molecule has 0 spiro atoms. The predicted molar refractivity (Wildman–Crippen MR) is 86.5 cm³/mol. The van der Waals surface area contributed by atoms with E-state index >= 15 is 0 Å². The summed E-state index contributed by atoms with van der Waals surface area (Å²) in [6, 6.07) is 8.38. The Hall–Kier alpha value is -1.55. The zero-order valence-corrected chi connectivity index (χ0v) is 12.6. The zero-order chi connectivity index (χ0) is 14.7. The Bertz CT molecular complexity index is 497. The Morgan fingerprint density at radius 1 is 1.24 bits per heavy atom. The Kier molecular flexibility index (Phi) is 4.44. The highest BCUT2D eigenvalue weighted by molar-refractivity contribution is 5.91. The quantitative estimate of drug-likeness (QED) is 0.895. The van der Waals surface area contributed by atoms with Crippen molar-refractivity contribution in [2.45, 2.75) is 44.6 Å². The molecule has 4 heteroatoms. The second-order valence-corrected chi connectivity index (χ2v) is 6.35. The van der Waals surface area contributed by atoms with E-state index < -0.39 is 0 Å². The monoisotopic (exact) mass is 287 g/mol. The topological polar surface area (TPSA) is 58.4 Å². The lowest BCUT2D eigenvalue weighted by Crippen LogP contribution is -2.28. The van der Waals surface area contributed by atoms with Gasteiger partial charge in [-0.1, -0.05) is 12.5 Å². The fourth-order valence-electron chi connectivity index (χ4n) is 3.52. The molecule has 1 aromatic rings. The number of carbonyl (C=O) groups excluding carboxylic acids is 1.